The van der Waals surface area contributed by atoms with Crippen molar-refractivity contribution in [2.24, 2.45) is 0 Å². The second-order valence-electron chi connectivity index (χ2n) is 3.24. The molecule has 5 nitrogen and oxygen atoms in total. The van der Waals surface area contributed by atoms with Crippen molar-refractivity contribution < 1.29 is 21.6 Å². The molecule has 1 atom stereocenters. The highest BCUT2D eigenvalue weighted by Crippen LogP contribution is 2.17. The largest absolute Gasteiger partial charge is 0.302 e. The summed E-state index contributed by atoms with van der Waals surface area (Å²) in [5.41, 5.74) is 0. The fraction of sp³-hybridized carbons (Fsp3) is 0.333. The zero-order valence-corrected chi connectivity index (χ0v) is 10.6. The van der Waals surface area contributed by atoms with Crippen molar-refractivity contribution in [3.8, 4) is 0 Å². The highest BCUT2D eigenvalue weighted by atomic mass is 32.2. The molecule has 1 aromatic rings. The van der Waals surface area contributed by atoms with Gasteiger partial charge in [0, 0.05) is 6.54 Å². The Hall–Kier alpha value is -0.830. The van der Waals surface area contributed by atoms with E-state index in [1.807, 2.05) is 0 Å². The van der Waals surface area contributed by atoms with Crippen LogP contribution in [-0.2, 0) is 21.1 Å². The Labute approximate surface area is 101 Å². The van der Waals surface area contributed by atoms with E-state index < -0.39 is 31.8 Å². The predicted molar refractivity (Wildman–Crippen MR) is 60.9 cm³/mol. The van der Waals surface area contributed by atoms with Crippen molar-refractivity contribution in [1.82, 2.24) is 4.72 Å². The zero-order chi connectivity index (χ0) is 13.1. The topological polar surface area (TPSA) is 83.5 Å². The zero-order valence-electron chi connectivity index (χ0n) is 9.01. The van der Waals surface area contributed by atoms with E-state index in [-0.39, 0.29) is 11.4 Å². The second-order valence-corrected chi connectivity index (χ2v) is 5.94. The molecule has 0 heterocycles. The van der Waals surface area contributed by atoms with Crippen LogP contribution in [0.1, 0.15) is 13.3 Å². The molecule has 96 valence electrons. The van der Waals surface area contributed by atoms with Gasteiger partial charge >= 0.3 is 0 Å². The average Bonchev–Trinajstić information content (AvgIpc) is 2.25. The van der Waals surface area contributed by atoms with Crippen LogP contribution in [0.4, 0.5) is 4.39 Å². The van der Waals surface area contributed by atoms with Crippen LogP contribution < -0.4 is 4.72 Å². The predicted octanol–water partition coefficient (Wildman–Crippen LogP) is 1.09. The molecule has 2 N–H and O–H groups in total. The van der Waals surface area contributed by atoms with Gasteiger partial charge in [0.1, 0.15) is 10.7 Å². The summed E-state index contributed by atoms with van der Waals surface area (Å²) in [6, 6.07) is 2.80. The lowest BCUT2D eigenvalue weighted by Gasteiger charge is -2.07. The molecule has 0 aliphatic heterocycles. The van der Waals surface area contributed by atoms with Crippen molar-refractivity contribution in [3.63, 3.8) is 0 Å². The molecule has 0 spiro atoms. The Morgan fingerprint density at radius 3 is 2.59 bits per heavy atom. The van der Waals surface area contributed by atoms with Gasteiger partial charge in [-0.15, -0.1) is 0 Å². The number of nitrogens with one attached hydrogen (secondary N) is 1. The highest BCUT2D eigenvalue weighted by Gasteiger charge is 2.19. The van der Waals surface area contributed by atoms with E-state index in [9.17, 15) is 17.0 Å². The van der Waals surface area contributed by atoms with Gasteiger partial charge in [-0.25, -0.2) is 21.7 Å². The minimum atomic E-state index is -3.90. The summed E-state index contributed by atoms with van der Waals surface area (Å²) < 4.78 is 58.3. The number of hydrogen-bond acceptors (Lipinski definition) is 3. The molecule has 0 saturated carbocycles. The Bertz CT molecular complexity index is 530. The smallest absolute Gasteiger partial charge is 0.243 e. The van der Waals surface area contributed by atoms with E-state index in [0.717, 1.165) is 18.2 Å². The second kappa shape index (κ2) is 5.67. The summed E-state index contributed by atoms with van der Waals surface area (Å²) in [4.78, 5) is -0.711. The molecular weight excluding hydrogens is 269 g/mol. The fourth-order valence-corrected chi connectivity index (χ4v) is 2.70. The van der Waals surface area contributed by atoms with Gasteiger partial charge in [-0.1, -0.05) is 6.92 Å². The van der Waals surface area contributed by atoms with Crippen molar-refractivity contribution in [1.29, 1.82) is 0 Å². The van der Waals surface area contributed by atoms with Crippen LogP contribution in [0.3, 0.4) is 0 Å². The molecule has 0 radical (unpaired) electrons. The molecule has 0 saturated heterocycles. The quantitative estimate of drug-likeness (QED) is 0.791. The van der Waals surface area contributed by atoms with Gasteiger partial charge in [0.2, 0.25) is 10.0 Å². The van der Waals surface area contributed by atoms with Crippen LogP contribution in [0.2, 0.25) is 0 Å². The minimum absolute atomic E-state index is 0.183. The third-order valence-corrected chi connectivity index (χ3v) is 4.09. The number of halogens is 1. The average molecular weight is 281 g/mol. The van der Waals surface area contributed by atoms with Crippen molar-refractivity contribution in [2.45, 2.75) is 23.1 Å². The van der Waals surface area contributed by atoms with E-state index in [1.54, 1.807) is 6.92 Å². The minimum Gasteiger partial charge on any atom is -0.302 e. The summed E-state index contributed by atoms with van der Waals surface area (Å²) >= 11 is -2.33. The van der Waals surface area contributed by atoms with Crippen molar-refractivity contribution >= 4 is 21.1 Å². The van der Waals surface area contributed by atoms with Gasteiger partial charge in [0.25, 0.3) is 0 Å². The Morgan fingerprint density at radius 1 is 1.47 bits per heavy atom. The van der Waals surface area contributed by atoms with Crippen LogP contribution >= 0.6 is 0 Å². The van der Waals surface area contributed by atoms with E-state index in [4.69, 9.17) is 4.55 Å². The maximum absolute atomic E-state index is 13.5. The van der Waals surface area contributed by atoms with Crippen LogP contribution in [0.15, 0.2) is 28.0 Å². The van der Waals surface area contributed by atoms with Gasteiger partial charge in [0.05, 0.1) is 4.90 Å². The summed E-state index contributed by atoms with van der Waals surface area (Å²) in [5, 5.41) is 0. The molecule has 0 bridgehead atoms. The first kappa shape index (κ1) is 14.2. The molecule has 17 heavy (non-hydrogen) atoms. The van der Waals surface area contributed by atoms with E-state index in [1.165, 1.54) is 0 Å². The lowest BCUT2D eigenvalue weighted by atomic mass is 10.3. The standard InChI is InChI=1S/C9H12FNO4S2/c1-2-5-11-17(14,15)9-4-3-7(16(12)13)6-8(9)10/h3-4,6,11H,2,5H2,1H3,(H,12,13). The first-order chi connectivity index (χ1) is 7.88. The molecule has 0 fully saturated rings. The number of rotatable bonds is 5. The van der Waals surface area contributed by atoms with E-state index in [2.05, 4.69) is 4.72 Å². The molecule has 0 aliphatic carbocycles. The van der Waals surface area contributed by atoms with Gasteiger partial charge in [-0.05, 0) is 24.6 Å². The fourth-order valence-electron chi connectivity index (χ4n) is 1.12. The van der Waals surface area contributed by atoms with Gasteiger partial charge in [0.15, 0.2) is 11.1 Å². The number of sulfonamides is 1. The SMILES string of the molecule is CCCNS(=O)(=O)c1ccc(S(=O)O)cc1F. The molecular formula is C9H12FNO4S2. The van der Waals surface area contributed by atoms with Gasteiger partial charge in [-0.2, -0.15) is 0 Å². The van der Waals surface area contributed by atoms with Crippen molar-refractivity contribution in [2.75, 3.05) is 6.54 Å². The third kappa shape index (κ3) is 3.56. The number of benzene rings is 1. The lowest BCUT2D eigenvalue weighted by Crippen LogP contribution is -2.25. The highest BCUT2D eigenvalue weighted by molar-refractivity contribution is 7.89. The molecule has 1 aromatic carbocycles. The van der Waals surface area contributed by atoms with Gasteiger partial charge < -0.3 is 4.55 Å². The molecule has 0 amide bonds. The Morgan fingerprint density at radius 2 is 2.12 bits per heavy atom. The monoisotopic (exact) mass is 281 g/mol. The Balaban J connectivity index is 3.12. The molecule has 0 aliphatic rings. The molecule has 0 aromatic heterocycles. The van der Waals surface area contributed by atoms with Gasteiger partial charge in [-0.3, -0.25) is 0 Å². The summed E-state index contributed by atoms with van der Waals surface area (Å²) in [6.45, 7) is 1.98. The lowest BCUT2D eigenvalue weighted by molar-refractivity contribution is 0.547. The first-order valence-electron chi connectivity index (χ1n) is 4.78. The van der Waals surface area contributed by atoms with Crippen LogP contribution in [-0.4, -0.2) is 23.7 Å². The summed E-state index contributed by atoms with van der Waals surface area (Å²) in [5.74, 6) is -1.05. The molecule has 8 heteroatoms. The van der Waals surface area contributed by atoms with Crippen LogP contribution in [0.25, 0.3) is 0 Å². The van der Waals surface area contributed by atoms with Crippen LogP contribution in [0.5, 0.6) is 0 Å². The summed E-state index contributed by atoms with van der Waals surface area (Å²) in [6.07, 6.45) is 0.583. The maximum atomic E-state index is 13.5. The summed E-state index contributed by atoms with van der Waals surface area (Å²) in [7, 11) is -3.90. The molecule has 1 rings (SSSR count). The van der Waals surface area contributed by atoms with Crippen molar-refractivity contribution in [3.05, 3.63) is 24.0 Å². The number of hydrogen-bond donors (Lipinski definition) is 2. The first-order valence-corrected chi connectivity index (χ1v) is 7.37. The molecule has 1 unspecified atom stereocenters. The van der Waals surface area contributed by atoms with E-state index >= 15 is 0 Å². The Kier molecular flexibility index (Phi) is 4.75. The third-order valence-electron chi connectivity index (χ3n) is 1.94. The van der Waals surface area contributed by atoms with E-state index in [0.29, 0.717) is 6.42 Å². The van der Waals surface area contributed by atoms with Crippen LogP contribution in [0, 0.1) is 5.82 Å². The normalized spacial score (nSPS) is 13.6. The maximum Gasteiger partial charge on any atom is 0.243 e.